The quantitative estimate of drug-likeness (QED) is 0.448. The fraction of sp³-hybridized carbons (Fsp3) is 0.312. The number of nitrogens with one attached hydrogen (secondary N) is 1. The van der Waals surface area contributed by atoms with Gasteiger partial charge in [-0.2, -0.15) is 5.26 Å². The number of hydrogen-bond donors (Lipinski definition) is 1. The maximum Gasteiger partial charge on any atom is 0.300 e. The van der Waals surface area contributed by atoms with Crippen LogP contribution >= 0.6 is 0 Å². The maximum absolute atomic E-state index is 14.0. The van der Waals surface area contributed by atoms with Crippen LogP contribution < -0.4 is 0 Å². The Morgan fingerprint density at radius 3 is 2.47 bits per heavy atom. The van der Waals surface area contributed by atoms with Crippen LogP contribution in [0.15, 0.2) is 60.2 Å². The van der Waals surface area contributed by atoms with Gasteiger partial charge in [0.2, 0.25) is 0 Å². The molecule has 2 fully saturated rings. The Morgan fingerprint density at radius 2 is 1.81 bits per heavy atom. The number of amidine groups is 1. The molecule has 2 aliphatic carbocycles. The van der Waals surface area contributed by atoms with Gasteiger partial charge in [-0.05, 0) is 89.3 Å². The van der Waals surface area contributed by atoms with Gasteiger partial charge in [-0.3, -0.25) is 4.79 Å². The summed E-state index contributed by atoms with van der Waals surface area (Å²) in [5, 5.41) is 20.5. The highest BCUT2D eigenvalue weighted by molar-refractivity contribution is 6.06. The molecule has 4 nitrogen and oxygen atoms in total. The molecule has 4 heteroatoms. The monoisotopic (exact) mass is 472 g/mol. The predicted molar refractivity (Wildman–Crippen MR) is 144 cm³/mol. The lowest BCUT2D eigenvalue weighted by Gasteiger charge is -2.43. The third-order valence-electron chi connectivity index (χ3n) is 8.73. The molecule has 178 valence electrons. The van der Waals surface area contributed by atoms with E-state index in [2.05, 4.69) is 62.2 Å². The van der Waals surface area contributed by atoms with Crippen LogP contribution in [-0.2, 0) is 11.2 Å². The number of nitrogens with zero attached hydrogens (tertiary/aromatic N) is 2. The summed E-state index contributed by atoms with van der Waals surface area (Å²) in [6.07, 6.45) is 5.97. The average molecular weight is 473 g/mol. The van der Waals surface area contributed by atoms with Gasteiger partial charge >= 0.3 is 5.84 Å². The second-order valence-corrected chi connectivity index (χ2v) is 10.7. The predicted octanol–water partition coefficient (Wildman–Crippen LogP) is 6.37. The molecule has 0 spiro atoms. The second kappa shape index (κ2) is 8.10. The number of hydrogen-bond acceptors (Lipinski definition) is 3. The molecular formula is C32H30N3O+. The van der Waals surface area contributed by atoms with E-state index >= 15 is 0 Å². The Morgan fingerprint density at radius 1 is 1.11 bits per heavy atom. The molecule has 1 heterocycles. The molecule has 0 bridgehead atoms. The molecule has 3 atom stereocenters. The first-order valence-electron chi connectivity index (χ1n) is 12.9. The Labute approximate surface area is 212 Å². The minimum absolute atomic E-state index is 0.109. The molecule has 0 radical (unpaired) electrons. The molecular weight excluding hydrogens is 442 g/mol. The molecule has 3 aliphatic rings. The van der Waals surface area contributed by atoms with E-state index in [1.54, 1.807) is 0 Å². The molecule has 1 saturated heterocycles. The molecule has 1 N–H and O–H groups in total. The van der Waals surface area contributed by atoms with Gasteiger partial charge in [-0.25, -0.2) is 4.58 Å². The molecule has 3 aromatic carbocycles. The lowest BCUT2D eigenvalue weighted by atomic mass is 9.66. The maximum atomic E-state index is 14.0. The zero-order chi connectivity index (χ0) is 25.2. The van der Waals surface area contributed by atoms with Crippen LogP contribution in [0.2, 0.25) is 0 Å². The van der Waals surface area contributed by atoms with E-state index in [0.29, 0.717) is 30.2 Å². The third kappa shape index (κ3) is 3.23. The average Bonchev–Trinajstić information content (AvgIpc) is 3.65. The first-order chi connectivity index (χ1) is 17.4. The van der Waals surface area contributed by atoms with Crippen molar-refractivity contribution in [1.82, 2.24) is 0 Å². The topological polar surface area (TPSA) is 67.7 Å². The Bertz CT molecular complexity index is 1530. The number of carbonyl (C=O) groups is 1. The SMILES string of the molecule is C=[N+]1C(=N)C(CC)C(=O)[C@H](c2ccc(C3CC3)cc2)[C@@]1(C)C1=Cc2c(ccc3ccc(C#N)cc23)C1. The lowest BCUT2D eigenvalue weighted by Crippen LogP contribution is -2.59. The molecule has 1 aliphatic heterocycles. The Hall–Kier alpha value is -3.84. The highest BCUT2D eigenvalue weighted by Gasteiger charge is 2.57. The van der Waals surface area contributed by atoms with Gasteiger partial charge in [0.25, 0.3) is 0 Å². The molecule has 0 amide bonds. The first kappa shape index (κ1) is 22.6. The zero-order valence-corrected chi connectivity index (χ0v) is 20.8. The highest BCUT2D eigenvalue weighted by atomic mass is 16.1. The number of rotatable bonds is 4. The van der Waals surface area contributed by atoms with Crippen LogP contribution in [-0.4, -0.2) is 28.5 Å². The van der Waals surface area contributed by atoms with Crippen molar-refractivity contribution >= 4 is 35.2 Å². The van der Waals surface area contributed by atoms with E-state index in [1.165, 1.54) is 24.0 Å². The zero-order valence-electron chi connectivity index (χ0n) is 20.8. The van der Waals surface area contributed by atoms with Crippen LogP contribution in [0.4, 0.5) is 0 Å². The summed E-state index contributed by atoms with van der Waals surface area (Å²) in [6.45, 7) is 8.42. The smallest absolute Gasteiger partial charge is 0.298 e. The fourth-order valence-electron chi connectivity index (χ4n) is 6.36. The van der Waals surface area contributed by atoms with Crippen molar-refractivity contribution in [2.45, 2.75) is 56.9 Å². The van der Waals surface area contributed by atoms with Crippen molar-refractivity contribution in [3.05, 3.63) is 88.0 Å². The number of piperidine rings is 1. The number of carbonyl (C=O) groups excluding carboxylic acids is 1. The van der Waals surface area contributed by atoms with Crippen LogP contribution in [0.5, 0.6) is 0 Å². The van der Waals surface area contributed by atoms with Crippen LogP contribution in [0, 0.1) is 22.7 Å². The van der Waals surface area contributed by atoms with Crippen molar-refractivity contribution in [3.8, 4) is 6.07 Å². The lowest BCUT2D eigenvalue weighted by molar-refractivity contribution is -0.494. The van der Waals surface area contributed by atoms with Crippen molar-refractivity contribution in [2.24, 2.45) is 5.92 Å². The molecule has 3 aromatic rings. The summed E-state index contributed by atoms with van der Waals surface area (Å²) in [4.78, 5) is 14.0. The molecule has 36 heavy (non-hydrogen) atoms. The van der Waals surface area contributed by atoms with Crippen molar-refractivity contribution in [2.75, 3.05) is 0 Å². The van der Waals surface area contributed by atoms with Gasteiger partial charge in [0.15, 0.2) is 5.78 Å². The number of nitriles is 1. The largest absolute Gasteiger partial charge is 0.300 e. The van der Waals surface area contributed by atoms with Gasteiger partial charge in [0.1, 0.15) is 11.5 Å². The van der Waals surface area contributed by atoms with Crippen molar-refractivity contribution < 1.29 is 9.37 Å². The van der Waals surface area contributed by atoms with E-state index in [0.717, 1.165) is 27.5 Å². The molecule has 6 rings (SSSR count). The van der Waals surface area contributed by atoms with Gasteiger partial charge in [-0.1, -0.05) is 55.5 Å². The fourth-order valence-corrected chi connectivity index (χ4v) is 6.36. The summed E-state index contributed by atoms with van der Waals surface area (Å²) < 4.78 is 1.81. The van der Waals surface area contributed by atoms with E-state index in [9.17, 15) is 10.1 Å². The first-order valence-corrected chi connectivity index (χ1v) is 12.9. The number of fused-ring (bicyclic) bond motifs is 3. The molecule has 0 aromatic heterocycles. The standard InChI is InChI=1S/C32H30N3O/c1-4-26-30(36)29(23-12-9-21(10-13-23)20-7-8-20)32(2,35(3)31(26)34)25-16-24-14-11-22-6-5-19(18-33)15-27(22)28(24)17-25/h5-6,9-15,17,20,26,29,34H,3-4,7-8,16H2,1-2H3/q+1/t26?,29-,32+/m0/s1. The third-order valence-corrected chi connectivity index (χ3v) is 8.73. The van der Waals surface area contributed by atoms with Gasteiger partial charge in [-0.15, -0.1) is 5.41 Å². The minimum atomic E-state index is -0.765. The van der Waals surface area contributed by atoms with Crippen LogP contribution in [0.3, 0.4) is 0 Å². The normalized spacial score (nSPS) is 25.6. The van der Waals surface area contributed by atoms with Crippen molar-refractivity contribution in [1.29, 1.82) is 10.7 Å². The van der Waals surface area contributed by atoms with Crippen LogP contribution in [0.1, 0.15) is 72.8 Å². The van der Waals surface area contributed by atoms with E-state index in [1.807, 2.05) is 29.7 Å². The van der Waals surface area contributed by atoms with Crippen molar-refractivity contribution in [3.63, 3.8) is 0 Å². The summed E-state index contributed by atoms with van der Waals surface area (Å²) in [5.41, 5.74) is 5.60. The number of Topliss-reactive ketones (excluding diaryl/α,β-unsaturated/α-hetero) is 1. The van der Waals surface area contributed by atoms with Gasteiger partial charge < -0.3 is 0 Å². The number of ketones is 1. The summed E-state index contributed by atoms with van der Waals surface area (Å²) >= 11 is 0. The van der Waals surface area contributed by atoms with Gasteiger partial charge in [0, 0.05) is 0 Å². The van der Waals surface area contributed by atoms with Gasteiger partial charge in [0.05, 0.1) is 24.3 Å². The molecule has 1 unspecified atom stereocenters. The Kier molecular flexibility index (Phi) is 5.09. The van der Waals surface area contributed by atoms with E-state index < -0.39 is 17.4 Å². The minimum Gasteiger partial charge on any atom is -0.298 e. The second-order valence-electron chi connectivity index (χ2n) is 10.7. The summed E-state index contributed by atoms with van der Waals surface area (Å²) in [5.74, 6) is 0.199. The molecule has 1 saturated carbocycles. The Balaban J connectivity index is 1.51. The van der Waals surface area contributed by atoms with E-state index in [-0.39, 0.29) is 5.78 Å². The highest BCUT2D eigenvalue weighted by Crippen LogP contribution is 2.49. The van der Waals surface area contributed by atoms with E-state index in [4.69, 9.17) is 5.41 Å². The number of benzene rings is 3. The summed E-state index contributed by atoms with van der Waals surface area (Å²) in [7, 11) is 0. The summed E-state index contributed by atoms with van der Waals surface area (Å²) in [6, 6.07) is 20.9. The van der Waals surface area contributed by atoms with Crippen LogP contribution in [0.25, 0.3) is 16.8 Å².